The molecule has 1 atom stereocenters. The van der Waals surface area contributed by atoms with Crippen molar-refractivity contribution >= 4 is 23.5 Å². The Balaban J connectivity index is 2.28. The molecule has 0 aromatic heterocycles. The van der Waals surface area contributed by atoms with Crippen LogP contribution in [0.1, 0.15) is 19.8 Å². The number of carbonyl (C=O) groups is 2. The first-order chi connectivity index (χ1) is 6.74. The monoisotopic (exact) mass is 218 g/mol. The number of hydrogen-bond donors (Lipinski definition) is 0. The highest BCUT2D eigenvalue weighted by Crippen LogP contribution is 2.22. The van der Waals surface area contributed by atoms with Crippen LogP contribution in [-0.2, 0) is 19.1 Å². The van der Waals surface area contributed by atoms with Crippen molar-refractivity contribution in [2.24, 2.45) is 0 Å². The number of ether oxygens (including phenoxy) is 2. The van der Waals surface area contributed by atoms with Crippen LogP contribution in [0.3, 0.4) is 0 Å². The van der Waals surface area contributed by atoms with Crippen molar-refractivity contribution in [1.82, 2.24) is 0 Å². The summed E-state index contributed by atoms with van der Waals surface area (Å²) in [6.45, 7) is 2.59. The molecule has 0 aromatic rings. The molecule has 1 unspecified atom stereocenters. The first-order valence-electron chi connectivity index (χ1n) is 4.67. The lowest BCUT2D eigenvalue weighted by Gasteiger charge is -2.20. The number of ketones is 1. The highest BCUT2D eigenvalue weighted by atomic mass is 32.2. The van der Waals surface area contributed by atoms with Crippen LogP contribution in [0.2, 0.25) is 0 Å². The largest absolute Gasteiger partial charge is 0.460 e. The fourth-order valence-corrected chi connectivity index (χ4v) is 2.11. The van der Waals surface area contributed by atoms with Crippen molar-refractivity contribution in [3.8, 4) is 0 Å². The number of hydrogen-bond acceptors (Lipinski definition) is 5. The molecule has 0 aromatic carbocycles. The average molecular weight is 218 g/mol. The SMILES string of the molecule is CCOC(=O)C(=O)CC1OCCCS1. The third-order valence-electron chi connectivity index (χ3n) is 1.75. The van der Waals surface area contributed by atoms with E-state index in [2.05, 4.69) is 4.74 Å². The van der Waals surface area contributed by atoms with Gasteiger partial charge in [0.2, 0.25) is 5.78 Å². The molecule has 1 rings (SSSR count). The van der Waals surface area contributed by atoms with Gasteiger partial charge >= 0.3 is 5.97 Å². The molecule has 0 saturated carbocycles. The van der Waals surface area contributed by atoms with Gasteiger partial charge in [0.15, 0.2) is 0 Å². The molecular weight excluding hydrogens is 204 g/mol. The second-order valence-electron chi connectivity index (χ2n) is 2.87. The van der Waals surface area contributed by atoms with Crippen molar-refractivity contribution in [1.29, 1.82) is 0 Å². The molecule has 0 aliphatic carbocycles. The van der Waals surface area contributed by atoms with Gasteiger partial charge in [0.05, 0.1) is 13.0 Å². The second kappa shape index (κ2) is 6.03. The molecule has 0 spiro atoms. The molecule has 1 aliphatic heterocycles. The van der Waals surface area contributed by atoms with Crippen LogP contribution in [0.25, 0.3) is 0 Å². The average Bonchev–Trinajstić information content (AvgIpc) is 2.19. The maximum Gasteiger partial charge on any atom is 0.374 e. The van der Waals surface area contributed by atoms with Crippen molar-refractivity contribution in [2.75, 3.05) is 19.0 Å². The van der Waals surface area contributed by atoms with Gasteiger partial charge in [-0.3, -0.25) is 4.79 Å². The van der Waals surface area contributed by atoms with Crippen molar-refractivity contribution in [2.45, 2.75) is 25.2 Å². The van der Waals surface area contributed by atoms with Gasteiger partial charge in [0.25, 0.3) is 0 Å². The number of rotatable bonds is 4. The van der Waals surface area contributed by atoms with Crippen LogP contribution in [0, 0.1) is 0 Å². The fourth-order valence-electron chi connectivity index (χ4n) is 1.10. The van der Waals surface area contributed by atoms with Crippen molar-refractivity contribution in [3.63, 3.8) is 0 Å². The van der Waals surface area contributed by atoms with E-state index in [9.17, 15) is 9.59 Å². The summed E-state index contributed by atoms with van der Waals surface area (Å²) in [6, 6.07) is 0. The maximum absolute atomic E-state index is 11.2. The summed E-state index contributed by atoms with van der Waals surface area (Å²) in [7, 11) is 0. The van der Waals surface area contributed by atoms with Crippen LogP contribution in [-0.4, -0.2) is 36.2 Å². The Morgan fingerprint density at radius 2 is 2.36 bits per heavy atom. The summed E-state index contributed by atoms with van der Waals surface area (Å²) in [5.74, 6) is -0.255. The predicted molar refractivity (Wildman–Crippen MR) is 53.1 cm³/mol. The molecule has 5 heteroatoms. The van der Waals surface area contributed by atoms with Gasteiger partial charge in [0, 0.05) is 6.61 Å². The van der Waals surface area contributed by atoms with Crippen LogP contribution in [0.4, 0.5) is 0 Å². The molecule has 0 amide bonds. The van der Waals surface area contributed by atoms with Crippen LogP contribution in [0.15, 0.2) is 0 Å². The Morgan fingerprint density at radius 3 is 2.93 bits per heavy atom. The lowest BCUT2D eigenvalue weighted by molar-refractivity contribution is -0.154. The number of thioether (sulfide) groups is 1. The summed E-state index contributed by atoms with van der Waals surface area (Å²) in [5, 5.41) is 0. The van der Waals surface area contributed by atoms with Gasteiger partial charge in [-0.1, -0.05) is 0 Å². The zero-order valence-electron chi connectivity index (χ0n) is 8.15. The van der Waals surface area contributed by atoms with Crippen molar-refractivity contribution in [3.05, 3.63) is 0 Å². The standard InChI is InChI=1S/C9H14O4S/c1-2-12-9(11)7(10)6-8-13-4-3-5-14-8/h8H,2-6H2,1H3. The summed E-state index contributed by atoms with van der Waals surface area (Å²) in [5.41, 5.74) is -0.166. The van der Waals surface area contributed by atoms with E-state index < -0.39 is 11.8 Å². The van der Waals surface area contributed by atoms with Gasteiger partial charge in [-0.15, -0.1) is 11.8 Å². The smallest absolute Gasteiger partial charge is 0.374 e. The van der Waals surface area contributed by atoms with Crippen molar-refractivity contribution < 1.29 is 19.1 Å². The van der Waals surface area contributed by atoms with Gasteiger partial charge in [-0.25, -0.2) is 4.79 Å². The highest BCUT2D eigenvalue weighted by Gasteiger charge is 2.23. The Labute approximate surface area is 87.3 Å². The summed E-state index contributed by atoms with van der Waals surface area (Å²) in [4.78, 5) is 22.2. The number of esters is 1. The molecule has 80 valence electrons. The van der Waals surface area contributed by atoms with E-state index in [0.717, 1.165) is 12.2 Å². The Kier molecular flexibility index (Phi) is 4.97. The van der Waals surface area contributed by atoms with Crippen LogP contribution in [0.5, 0.6) is 0 Å². The molecule has 0 bridgehead atoms. The summed E-state index contributed by atoms with van der Waals surface area (Å²) >= 11 is 1.58. The molecule has 0 radical (unpaired) electrons. The minimum absolute atomic E-state index is 0.128. The number of Topliss-reactive ketones (excluding diaryl/α,β-unsaturated/α-hetero) is 1. The normalized spacial score (nSPS) is 21.6. The highest BCUT2D eigenvalue weighted by molar-refractivity contribution is 7.99. The van der Waals surface area contributed by atoms with Crippen LogP contribution >= 0.6 is 11.8 Å². The number of carbonyl (C=O) groups excluding carboxylic acids is 2. The molecule has 4 nitrogen and oxygen atoms in total. The van der Waals surface area contributed by atoms with Gasteiger partial charge in [-0.05, 0) is 19.1 Å². The first kappa shape index (κ1) is 11.5. The van der Waals surface area contributed by atoms with E-state index in [1.165, 1.54) is 0 Å². The minimum Gasteiger partial charge on any atom is -0.460 e. The van der Waals surface area contributed by atoms with E-state index in [1.54, 1.807) is 18.7 Å². The van der Waals surface area contributed by atoms with E-state index in [0.29, 0.717) is 6.61 Å². The minimum atomic E-state index is -0.748. The van der Waals surface area contributed by atoms with Crippen LogP contribution < -0.4 is 0 Å². The fraction of sp³-hybridized carbons (Fsp3) is 0.778. The summed E-state index contributed by atoms with van der Waals surface area (Å²) in [6.07, 6.45) is 1.14. The Morgan fingerprint density at radius 1 is 1.57 bits per heavy atom. The quantitative estimate of drug-likeness (QED) is 0.520. The van der Waals surface area contributed by atoms with E-state index >= 15 is 0 Å². The summed E-state index contributed by atoms with van der Waals surface area (Å²) < 4.78 is 9.90. The Bertz CT molecular complexity index is 211. The lowest BCUT2D eigenvalue weighted by atomic mass is 10.3. The third kappa shape index (κ3) is 3.67. The predicted octanol–water partition coefficient (Wildman–Crippen LogP) is 0.988. The van der Waals surface area contributed by atoms with E-state index in [4.69, 9.17) is 4.74 Å². The first-order valence-corrected chi connectivity index (χ1v) is 5.72. The molecule has 1 aliphatic rings. The topological polar surface area (TPSA) is 52.6 Å². The maximum atomic E-state index is 11.2. The molecular formula is C9H14O4S. The van der Waals surface area contributed by atoms with Gasteiger partial charge in [-0.2, -0.15) is 0 Å². The van der Waals surface area contributed by atoms with Gasteiger partial charge < -0.3 is 9.47 Å². The molecule has 0 N–H and O–H groups in total. The zero-order valence-corrected chi connectivity index (χ0v) is 8.97. The Hall–Kier alpha value is -0.550. The lowest BCUT2D eigenvalue weighted by Crippen LogP contribution is -2.25. The molecule has 1 saturated heterocycles. The second-order valence-corrected chi connectivity index (χ2v) is 4.14. The molecule has 14 heavy (non-hydrogen) atoms. The molecule has 1 fully saturated rings. The zero-order chi connectivity index (χ0) is 10.4. The van der Waals surface area contributed by atoms with E-state index in [-0.39, 0.29) is 18.5 Å². The molecule has 1 heterocycles. The van der Waals surface area contributed by atoms with Gasteiger partial charge in [0.1, 0.15) is 5.44 Å². The van der Waals surface area contributed by atoms with E-state index in [1.807, 2.05) is 0 Å². The third-order valence-corrected chi connectivity index (χ3v) is 2.95.